The van der Waals surface area contributed by atoms with E-state index in [9.17, 15) is 4.57 Å². The van der Waals surface area contributed by atoms with Gasteiger partial charge in [-0.2, -0.15) is 0 Å². The lowest BCUT2D eigenvalue weighted by Crippen LogP contribution is -2.41. The third kappa shape index (κ3) is 7.38. The Labute approximate surface area is 225 Å². The molecule has 0 saturated heterocycles. The van der Waals surface area contributed by atoms with Crippen LogP contribution in [0.2, 0.25) is 10.0 Å². The summed E-state index contributed by atoms with van der Waals surface area (Å²) in [4.78, 5) is 0.520. The molecular formula is C26H36Cl2O3PS2+. The van der Waals surface area contributed by atoms with E-state index in [1.165, 1.54) is 0 Å². The van der Waals surface area contributed by atoms with Crippen molar-refractivity contribution in [1.82, 2.24) is 0 Å². The quantitative estimate of drug-likeness (QED) is 0.146. The topological polar surface area (TPSA) is 35.5 Å². The Hall–Kier alpha value is -0.260. The Morgan fingerprint density at radius 3 is 1.12 bits per heavy atom. The average molecular weight is 563 g/mol. The fraction of sp³-hybridized carbons (Fsp3) is 0.538. The second kappa shape index (κ2) is 12.8. The van der Waals surface area contributed by atoms with E-state index in [1.807, 2.05) is 48.5 Å². The predicted molar refractivity (Wildman–Crippen MR) is 149 cm³/mol. The molecule has 0 saturated carbocycles. The number of rotatable bonds is 12. The van der Waals surface area contributed by atoms with E-state index in [0.29, 0.717) is 10.0 Å². The summed E-state index contributed by atoms with van der Waals surface area (Å²) >= 11 is 15.3. The Kier molecular flexibility index (Phi) is 11.3. The van der Waals surface area contributed by atoms with Gasteiger partial charge in [0.15, 0.2) is 9.87 Å². The summed E-state index contributed by atoms with van der Waals surface area (Å²) in [6, 6.07) is 15.3. The third-order valence-corrected chi connectivity index (χ3v) is 11.2. The van der Waals surface area contributed by atoms with E-state index in [4.69, 9.17) is 32.2 Å². The molecule has 2 rings (SSSR count). The van der Waals surface area contributed by atoms with Crippen LogP contribution in [0.1, 0.15) is 55.4 Å². The van der Waals surface area contributed by atoms with Crippen molar-refractivity contribution in [2.45, 2.75) is 75.0 Å². The maximum atomic E-state index is 13.6. The van der Waals surface area contributed by atoms with Crippen LogP contribution in [-0.4, -0.2) is 9.87 Å². The van der Waals surface area contributed by atoms with Crippen molar-refractivity contribution in [3.05, 3.63) is 58.6 Å². The van der Waals surface area contributed by atoms with Crippen molar-refractivity contribution in [3.63, 3.8) is 0 Å². The molecule has 188 valence electrons. The molecule has 2 aromatic rings. The lowest BCUT2D eigenvalue weighted by Gasteiger charge is -2.37. The van der Waals surface area contributed by atoms with Crippen molar-refractivity contribution in [3.8, 4) is 0 Å². The zero-order valence-electron chi connectivity index (χ0n) is 21.2. The molecule has 3 nitrogen and oxygen atoms in total. The molecule has 34 heavy (non-hydrogen) atoms. The predicted octanol–water partition coefficient (Wildman–Crippen LogP) is 10.6. The fourth-order valence-electron chi connectivity index (χ4n) is 3.89. The van der Waals surface area contributed by atoms with Gasteiger partial charge >= 0.3 is 8.25 Å². The van der Waals surface area contributed by atoms with Gasteiger partial charge in [0.1, 0.15) is 0 Å². The summed E-state index contributed by atoms with van der Waals surface area (Å²) in [7, 11) is -2.43. The van der Waals surface area contributed by atoms with Gasteiger partial charge in [0.05, 0.1) is 0 Å². The van der Waals surface area contributed by atoms with Crippen LogP contribution in [0.4, 0.5) is 0 Å². The van der Waals surface area contributed by atoms with Crippen molar-refractivity contribution in [1.29, 1.82) is 0 Å². The molecule has 0 heterocycles. The molecule has 0 atom stereocenters. The monoisotopic (exact) mass is 561 g/mol. The number of halogens is 2. The van der Waals surface area contributed by atoms with E-state index in [-0.39, 0.29) is 23.7 Å². The first kappa shape index (κ1) is 30.0. The molecule has 0 fully saturated rings. The Morgan fingerprint density at radius 1 is 0.618 bits per heavy atom. The second-order valence-corrected chi connectivity index (χ2v) is 13.9. The summed E-state index contributed by atoms with van der Waals surface area (Å²) < 4.78 is 26.4. The van der Waals surface area contributed by atoms with Crippen LogP contribution in [0, 0.1) is 23.7 Å². The van der Waals surface area contributed by atoms with E-state index >= 15 is 0 Å². The second-order valence-electron chi connectivity index (χ2n) is 9.58. The molecule has 0 aliphatic heterocycles. The molecule has 0 aromatic heterocycles. The van der Waals surface area contributed by atoms with Gasteiger partial charge in [-0.1, -0.05) is 102 Å². The van der Waals surface area contributed by atoms with Gasteiger partial charge in [-0.15, -0.1) is 9.05 Å². The molecule has 0 N–H and O–H groups in total. The van der Waals surface area contributed by atoms with Gasteiger partial charge in [-0.05, 0) is 72.2 Å². The molecular weight excluding hydrogens is 526 g/mol. The zero-order valence-corrected chi connectivity index (χ0v) is 25.2. The normalized spacial score (nSPS) is 12.9. The highest BCUT2D eigenvalue weighted by molar-refractivity contribution is 8.01. The average Bonchev–Trinajstić information content (AvgIpc) is 2.75. The molecule has 0 aliphatic carbocycles. The third-order valence-electron chi connectivity index (χ3n) is 5.84. The molecule has 0 spiro atoms. The maximum absolute atomic E-state index is 13.6. The summed E-state index contributed by atoms with van der Waals surface area (Å²) in [6.45, 7) is 16.7. The Balaban J connectivity index is 2.37. The van der Waals surface area contributed by atoms with Crippen molar-refractivity contribution in [2.75, 3.05) is 0 Å². The highest BCUT2D eigenvalue weighted by Crippen LogP contribution is 2.56. The molecule has 0 radical (unpaired) electrons. The SMILES string of the molecule is CC(C)C(O[P+](=O)OC(Sc1ccc(Cl)cc1)(C(C)C)C(C)C)(Sc1ccc(Cl)cc1)C(C)C. The van der Waals surface area contributed by atoms with E-state index in [2.05, 4.69) is 55.4 Å². The smallest absolute Gasteiger partial charge is 0.100 e. The van der Waals surface area contributed by atoms with E-state index in [0.717, 1.165) is 9.79 Å². The maximum Gasteiger partial charge on any atom is 0.700 e. The van der Waals surface area contributed by atoms with Crippen molar-refractivity contribution in [2.24, 2.45) is 23.7 Å². The van der Waals surface area contributed by atoms with Gasteiger partial charge in [-0.3, -0.25) is 0 Å². The largest absolute Gasteiger partial charge is 0.700 e. The summed E-state index contributed by atoms with van der Waals surface area (Å²) in [5, 5.41) is 1.36. The van der Waals surface area contributed by atoms with Gasteiger partial charge in [-0.25, -0.2) is 0 Å². The Morgan fingerprint density at radius 2 is 0.882 bits per heavy atom. The van der Waals surface area contributed by atoms with Crippen LogP contribution in [0.25, 0.3) is 0 Å². The number of thioether (sulfide) groups is 2. The minimum absolute atomic E-state index is 0.0761. The molecule has 0 bridgehead atoms. The van der Waals surface area contributed by atoms with Crippen LogP contribution < -0.4 is 0 Å². The minimum Gasteiger partial charge on any atom is -0.100 e. The van der Waals surface area contributed by atoms with Crippen LogP contribution in [-0.2, 0) is 13.6 Å². The van der Waals surface area contributed by atoms with Crippen LogP contribution in [0.15, 0.2) is 58.3 Å². The first-order valence-electron chi connectivity index (χ1n) is 11.6. The summed E-state index contributed by atoms with van der Waals surface area (Å²) in [6.07, 6.45) is 0. The molecule has 0 amide bonds. The van der Waals surface area contributed by atoms with E-state index in [1.54, 1.807) is 23.5 Å². The minimum atomic E-state index is -2.43. The first-order chi connectivity index (χ1) is 15.8. The van der Waals surface area contributed by atoms with Gasteiger partial charge in [0, 0.05) is 24.4 Å². The first-order valence-corrected chi connectivity index (χ1v) is 15.1. The number of hydrogen-bond donors (Lipinski definition) is 0. The number of benzene rings is 2. The van der Waals surface area contributed by atoms with Crippen LogP contribution in [0.3, 0.4) is 0 Å². The van der Waals surface area contributed by atoms with Gasteiger partial charge < -0.3 is 0 Å². The summed E-state index contributed by atoms with van der Waals surface area (Å²) in [5.74, 6) is 0.304. The molecule has 0 aliphatic rings. The van der Waals surface area contributed by atoms with Crippen molar-refractivity contribution >= 4 is 55.0 Å². The highest BCUT2D eigenvalue weighted by atomic mass is 35.5. The van der Waals surface area contributed by atoms with Crippen LogP contribution in [0.5, 0.6) is 0 Å². The highest BCUT2D eigenvalue weighted by Gasteiger charge is 2.54. The standard InChI is InChI=1S/C26H36Cl2O3PS2/c1-17(2)25(18(3)4,33-23-13-9-21(27)10-14-23)30-32(29)31-26(19(5)6,20(7)8)34-24-15-11-22(28)12-16-24/h9-20H,1-8H3/q+1. The lowest BCUT2D eigenvalue weighted by molar-refractivity contribution is 0.0150. The van der Waals surface area contributed by atoms with Gasteiger partial charge in [0.25, 0.3) is 0 Å². The zero-order chi connectivity index (χ0) is 25.7. The van der Waals surface area contributed by atoms with E-state index < -0.39 is 18.1 Å². The molecule has 8 heteroatoms. The van der Waals surface area contributed by atoms with Gasteiger partial charge in [0.2, 0.25) is 0 Å². The summed E-state index contributed by atoms with van der Waals surface area (Å²) in [5.41, 5.74) is 0. The fourth-order valence-corrected chi connectivity index (χ4v) is 8.37. The van der Waals surface area contributed by atoms with Crippen LogP contribution >= 0.6 is 55.0 Å². The molecule has 0 unspecified atom stereocenters. The molecule has 2 aromatic carbocycles. The van der Waals surface area contributed by atoms with Crippen molar-refractivity contribution < 1.29 is 13.6 Å². The Bertz CT molecular complexity index is 841. The lowest BCUT2D eigenvalue weighted by atomic mass is 9.95. The number of hydrogen-bond acceptors (Lipinski definition) is 5.